The number of rotatable bonds is 2. The molecule has 0 aliphatic carbocycles. The van der Waals surface area contributed by atoms with Crippen molar-refractivity contribution >= 4 is 17.4 Å². The van der Waals surface area contributed by atoms with E-state index in [1.807, 2.05) is 13.0 Å². The van der Waals surface area contributed by atoms with Crippen LogP contribution in [0.15, 0.2) is 17.3 Å². The lowest BCUT2D eigenvalue weighted by Crippen LogP contribution is -1.94. The predicted octanol–water partition coefficient (Wildman–Crippen LogP) is 1.65. The van der Waals surface area contributed by atoms with Crippen LogP contribution in [-0.4, -0.2) is 10.7 Å². The van der Waals surface area contributed by atoms with Crippen LogP contribution >= 0.6 is 11.8 Å². The number of nitrogens with two attached hydrogens (primary N) is 1. The van der Waals surface area contributed by atoms with E-state index in [-0.39, 0.29) is 0 Å². The number of anilines is 1. The maximum absolute atomic E-state index is 8.74. The summed E-state index contributed by atoms with van der Waals surface area (Å²) in [5.74, 6) is 0.894. The topological polar surface area (TPSA) is 62.7 Å². The third-order valence-corrected chi connectivity index (χ3v) is 2.21. The molecule has 1 heterocycles. The van der Waals surface area contributed by atoms with Crippen molar-refractivity contribution in [3.63, 3.8) is 0 Å². The van der Waals surface area contributed by atoms with Gasteiger partial charge in [0.15, 0.2) is 0 Å². The highest BCUT2D eigenvalue weighted by molar-refractivity contribution is 7.99. The Labute approximate surface area is 75.6 Å². The molecule has 0 aliphatic rings. The van der Waals surface area contributed by atoms with Gasteiger partial charge in [0.05, 0.1) is 5.69 Å². The predicted molar refractivity (Wildman–Crippen MR) is 49.8 cm³/mol. The fourth-order valence-electron chi connectivity index (χ4n) is 0.815. The van der Waals surface area contributed by atoms with Gasteiger partial charge in [0, 0.05) is 6.20 Å². The molecular weight excluding hydrogens is 170 g/mol. The van der Waals surface area contributed by atoms with Crippen LogP contribution < -0.4 is 5.73 Å². The molecule has 0 aromatic carbocycles. The molecule has 1 rings (SSSR count). The summed E-state index contributed by atoms with van der Waals surface area (Å²) in [7, 11) is 0. The summed E-state index contributed by atoms with van der Waals surface area (Å²) in [5.41, 5.74) is 6.58. The third-order valence-electron chi connectivity index (χ3n) is 1.34. The van der Waals surface area contributed by atoms with E-state index < -0.39 is 0 Å². The smallest absolute Gasteiger partial charge is 0.116 e. The van der Waals surface area contributed by atoms with Gasteiger partial charge in [0.25, 0.3) is 0 Å². The summed E-state index contributed by atoms with van der Waals surface area (Å²) < 4.78 is 0. The Morgan fingerprint density at radius 1 is 1.75 bits per heavy atom. The Balaban J connectivity index is 3.11. The highest BCUT2D eigenvalue weighted by Crippen LogP contribution is 2.22. The number of hydrogen-bond acceptors (Lipinski definition) is 4. The molecule has 0 aliphatic heterocycles. The number of hydrogen-bond donors (Lipinski definition) is 1. The number of aromatic nitrogens is 1. The lowest BCUT2D eigenvalue weighted by molar-refractivity contribution is 1.11. The van der Waals surface area contributed by atoms with Crippen LogP contribution in [0.1, 0.15) is 12.5 Å². The molecule has 0 saturated heterocycles. The SMILES string of the molecule is CCSc1nccc(N)c1C#N. The van der Waals surface area contributed by atoms with E-state index in [1.165, 1.54) is 11.8 Å². The van der Waals surface area contributed by atoms with E-state index in [1.54, 1.807) is 12.3 Å². The van der Waals surface area contributed by atoms with Gasteiger partial charge in [-0.2, -0.15) is 5.26 Å². The van der Waals surface area contributed by atoms with Crippen molar-refractivity contribution in [1.82, 2.24) is 4.98 Å². The standard InChI is InChI=1S/C8H9N3S/c1-2-12-8-6(5-9)7(10)3-4-11-8/h3-4H,2H2,1H3,(H2,10,11). The van der Waals surface area contributed by atoms with Crippen LogP contribution in [0.25, 0.3) is 0 Å². The first kappa shape index (κ1) is 8.88. The highest BCUT2D eigenvalue weighted by atomic mass is 32.2. The number of thioether (sulfide) groups is 1. The van der Waals surface area contributed by atoms with E-state index in [0.717, 1.165) is 10.8 Å². The summed E-state index contributed by atoms with van der Waals surface area (Å²) in [6.07, 6.45) is 1.62. The summed E-state index contributed by atoms with van der Waals surface area (Å²) >= 11 is 1.53. The molecule has 0 atom stereocenters. The van der Waals surface area contributed by atoms with Gasteiger partial charge >= 0.3 is 0 Å². The van der Waals surface area contributed by atoms with E-state index >= 15 is 0 Å². The summed E-state index contributed by atoms with van der Waals surface area (Å²) in [6, 6.07) is 3.68. The first-order chi connectivity index (χ1) is 5.79. The molecular formula is C8H9N3S. The molecule has 0 unspecified atom stereocenters. The van der Waals surface area contributed by atoms with Gasteiger partial charge in [-0.1, -0.05) is 6.92 Å². The van der Waals surface area contributed by atoms with Crippen molar-refractivity contribution in [2.45, 2.75) is 11.9 Å². The lowest BCUT2D eigenvalue weighted by Gasteiger charge is -2.01. The molecule has 1 aromatic rings. The van der Waals surface area contributed by atoms with Crippen LogP contribution in [0.2, 0.25) is 0 Å². The van der Waals surface area contributed by atoms with Crippen molar-refractivity contribution in [3.8, 4) is 6.07 Å². The fraction of sp³-hybridized carbons (Fsp3) is 0.250. The zero-order valence-corrected chi connectivity index (χ0v) is 7.56. The molecule has 12 heavy (non-hydrogen) atoms. The average molecular weight is 179 g/mol. The van der Waals surface area contributed by atoms with E-state index in [4.69, 9.17) is 11.0 Å². The molecule has 0 bridgehead atoms. The Hall–Kier alpha value is -1.21. The summed E-state index contributed by atoms with van der Waals surface area (Å²) in [5, 5.41) is 9.46. The molecule has 0 radical (unpaired) electrons. The van der Waals surface area contributed by atoms with Crippen molar-refractivity contribution < 1.29 is 0 Å². The quantitative estimate of drug-likeness (QED) is 0.701. The lowest BCUT2D eigenvalue weighted by atomic mass is 10.3. The van der Waals surface area contributed by atoms with Crippen LogP contribution in [0, 0.1) is 11.3 Å². The third kappa shape index (κ3) is 1.69. The highest BCUT2D eigenvalue weighted by Gasteiger charge is 2.05. The van der Waals surface area contributed by atoms with Crippen molar-refractivity contribution in [2.24, 2.45) is 0 Å². The minimum Gasteiger partial charge on any atom is -0.398 e. The molecule has 3 nitrogen and oxygen atoms in total. The van der Waals surface area contributed by atoms with Gasteiger partial charge in [-0.15, -0.1) is 11.8 Å². The molecule has 0 fully saturated rings. The second kappa shape index (κ2) is 3.98. The van der Waals surface area contributed by atoms with E-state index in [9.17, 15) is 0 Å². The molecule has 1 aromatic heterocycles. The maximum Gasteiger partial charge on any atom is 0.116 e. The zero-order valence-electron chi connectivity index (χ0n) is 6.74. The van der Waals surface area contributed by atoms with Crippen molar-refractivity contribution in [1.29, 1.82) is 5.26 Å². The average Bonchev–Trinajstić information content (AvgIpc) is 2.05. The van der Waals surface area contributed by atoms with Gasteiger partial charge in [-0.25, -0.2) is 4.98 Å². The molecule has 2 N–H and O–H groups in total. The van der Waals surface area contributed by atoms with Crippen LogP contribution in [-0.2, 0) is 0 Å². The van der Waals surface area contributed by atoms with Gasteiger partial charge in [0.1, 0.15) is 16.7 Å². The van der Waals surface area contributed by atoms with Crippen molar-refractivity contribution in [2.75, 3.05) is 11.5 Å². The summed E-state index contributed by atoms with van der Waals surface area (Å²) in [6.45, 7) is 2.01. The zero-order chi connectivity index (χ0) is 8.97. The number of nitrogen functional groups attached to an aromatic ring is 1. The minimum absolute atomic E-state index is 0.490. The van der Waals surface area contributed by atoms with E-state index in [0.29, 0.717) is 11.3 Å². The Kier molecular flexibility index (Phi) is 2.94. The maximum atomic E-state index is 8.74. The van der Waals surface area contributed by atoms with E-state index in [2.05, 4.69) is 4.98 Å². The first-order valence-electron chi connectivity index (χ1n) is 3.57. The summed E-state index contributed by atoms with van der Waals surface area (Å²) in [4.78, 5) is 4.06. The minimum atomic E-state index is 0.490. The van der Waals surface area contributed by atoms with Gasteiger partial charge in [-0.05, 0) is 11.8 Å². The Morgan fingerprint density at radius 2 is 2.50 bits per heavy atom. The fourth-order valence-corrected chi connectivity index (χ4v) is 1.53. The Bertz CT molecular complexity index is 317. The van der Waals surface area contributed by atoms with Crippen LogP contribution in [0.3, 0.4) is 0 Å². The number of pyridine rings is 1. The first-order valence-corrected chi connectivity index (χ1v) is 4.55. The van der Waals surface area contributed by atoms with Gasteiger partial charge < -0.3 is 5.73 Å². The van der Waals surface area contributed by atoms with Crippen LogP contribution in [0.5, 0.6) is 0 Å². The molecule has 62 valence electrons. The Morgan fingerprint density at radius 3 is 3.08 bits per heavy atom. The monoisotopic (exact) mass is 179 g/mol. The van der Waals surface area contributed by atoms with Crippen molar-refractivity contribution in [3.05, 3.63) is 17.8 Å². The normalized spacial score (nSPS) is 9.33. The number of nitriles is 1. The van der Waals surface area contributed by atoms with Gasteiger partial charge in [-0.3, -0.25) is 0 Å². The second-order valence-electron chi connectivity index (χ2n) is 2.13. The van der Waals surface area contributed by atoms with Crippen LogP contribution in [0.4, 0.5) is 5.69 Å². The number of nitrogens with zero attached hydrogens (tertiary/aromatic N) is 2. The molecule has 0 spiro atoms. The van der Waals surface area contributed by atoms with Gasteiger partial charge in [0.2, 0.25) is 0 Å². The second-order valence-corrected chi connectivity index (χ2v) is 3.38. The molecule has 0 amide bonds. The largest absolute Gasteiger partial charge is 0.398 e. The molecule has 4 heteroatoms. The molecule has 0 saturated carbocycles.